The molecule has 0 aliphatic heterocycles. The highest BCUT2D eigenvalue weighted by molar-refractivity contribution is 9.10. The van der Waals surface area contributed by atoms with Crippen LogP contribution in [-0.4, -0.2) is 0 Å². The third-order valence-corrected chi connectivity index (χ3v) is 2.92. The lowest BCUT2D eigenvalue weighted by Crippen LogP contribution is -1.76. The lowest BCUT2D eigenvalue weighted by Gasteiger charge is -2.00. The van der Waals surface area contributed by atoms with Crippen LogP contribution < -0.4 is 0 Å². The second-order valence-corrected chi connectivity index (χ2v) is 3.80. The maximum atomic E-state index is 5.79. The lowest BCUT2D eigenvalue weighted by molar-refractivity contribution is 1.30. The zero-order chi connectivity index (χ0) is 7.72. The van der Waals surface area contributed by atoms with Crippen LogP contribution in [0.5, 0.6) is 0 Å². The first kappa shape index (κ1) is 8.44. The highest BCUT2D eigenvalue weighted by atomic mass is 79.9. The lowest BCUT2D eigenvalue weighted by atomic mass is 10.2. The standard InChI is InChI=1S/C7H6BrClS/c1-4-2-5(8)6(9)3-7(4)10/h2-3,10H,1H3. The van der Waals surface area contributed by atoms with Crippen molar-refractivity contribution in [2.75, 3.05) is 0 Å². The first-order chi connectivity index (χ1) is 4.61. The van der Waals surface area contributed by atoms with Gasteiger partial charge in [0.05, 0.1) is 5.02 Å². The summed E-state index contributed by atoms with van der Waals surface area (Å²) in [5, 5.41) is 0.704. The maximum absolute atomic E-state index is 5.79. The van der Waals surface area contributed by atoms with Gasteiger partial charge in [0, 0.05) is 9.37 Å². The van der Waals surface area contributed by atoms with Crippen LogP contribution in [0.25, 0.3) is 0 Å². The summed E-state index contributed by atoms with van der Waals surface area (Å²) in [6.45, 7) is 1.99. The van der Waals surface area contributed by atoms with Crippen molar-refractivity contribution < 1.29 is 0 Å². The van der Waals surface area contributed by atoms with E-state index in [2.05, 4.69) is 28.6 Å². The number of hydrogen-bond acceptors (Lipinski definition) is 1. The van der Waals surface area contributed by atoms with E-state index >= 15 is 0 Å². The summed E-state index contributed by atoms with van der Waals surface area (Å²) in [6.07, 6.45) is 0. The Kier molecular flexibility index (Phi) is 2.67. The molecule has 0 atom stereocenters. The number of thiol groups is 1. The minimum atomic E-state index is 0.704. The van der Waals surface area contributed by atoms with Crippen molar-refractivity contribution in [3.63, 3.8) is 0 Å². The van der Waals surface area contributed by atoms with Gasteiger partial charge in [-0.05, 0) is 40.5 Å². The van der Waals surface area contributed by atoms with Crippen LogP contribution in [0.4, 0.5) is 0 Å². The van der Waals surface area contributed by atoms with Crippen molar-refractivity contribution in [2.45, 2.75) is 11.8 Å². The van der Waals surface area contributed by atoms with E-state index in [1.807, 2.05) is 19.1 Å². The maximum Gasteiger partial charge on any atom is 0.0559 e. The van der Waals surface area contributed by atoms with Crippen molar-refractivity contribution in [2.24, 2.45) is 0 Å². The second-order valence-electron chi connectivity index (χ2n) is 2.05. The molecule has 0 heterocycles. The van der Waals surface area contributed by atoms with Crippen LogP contribution in [-0.2, 0) is 0 Å². The Morgan fingerprint density at radius 2 is 2.10 bits per heavy atom. The molecule has 0 radical (unpaired) electrons. The molecule has 1 aromatic carbocycles. The van der Waals surface area contributed by atoms with E-state index in [0.29, 0.717) is 5.02 Å². The SMILES string of the molecule is Cc1cc(Br)c(Cl)cc1S. The first-order valence-electron chi connectivity index (χ1n) is 2.76. The molecular weight excluding hydrogens is 232 g/mol. The summed E-state index contributed by atoms with van der Waals surface area (Å²) in [5.74, 6) is 0. The van der Waals surface area contributed by atoms with Gasteiger partial charge in [0.15, 0.2) is 0 Å². The molecule has 0 saturated heterocycles. The highest BCUT2D eigenvalue weighted by Crippen LogP contribution is 2.27. The van der Waals surface area contributed by atoms with Gasteiger partial charge in [0.1, 0.15) is 0 Å². The number of aryl methyl sites for hydroxylation is 1. The third kappa shape index (κ3) is 1.68. The molecule has 0 N–H and O–H groups in total. The van der Waals surface area contributed by atoms with Crippen molar-refractivity contribution >= 4 is 40.2 Å². The first-order valence-corrected chi connectivity index (χ1v) is 4.37. The molecule has 54 valence electrons. The molecule has 10 heavy (non-hydrogen) atoms. The molecule has 0 unspecified atom stereocenters. The monoisotopic (exact) mass is 236 g/mol. The number of benzene rings is 1. The van der Waals surface area contributed by atoms with Gasteiger partial charge in [-0.25, -0.2) is 0 Å². The third-order valence-electron chi connectivity index (χ3n) is 1.24. The molecular formula is C7H6BrClS. The van der Waals surface area contributed by atoms with Crippen LogP contribution in [0, 0.1) is 6.92 Å². The summed E-state index contributed by atoms with van der Waals surface area (Å²) in [4.78, 5) is 0.924. The molecule has 0 fully saturated rings. The summed E-state index contributed by atoms with van der Waals surface area (Å²) in [7, 11) is 0. The topological polar surface area (TPSA) is 0 Å². The van der Waals surface area contributed by atoms with E-state index in [9.17, 15) is 0 Å². The fourth-order valence-corrected chi connectivity index (χ4v) is 1.53. The second kappa shape index (κ2) is 3.16. The largest absolute Gasteiger partial charge is 0.143 e. The van der Waals surface area contributed by atoms with Crippen molar-refractivity contribution in [1.29, 1.82) is 0 Å². The molecule has 1 rings (SSSR count). The van der Waals surface area contributed by atoms with Gasteiger partial charge >= 0.3 is 0 Å². The highest BCUT2D eigenvalue weighted by Gasteiger charge is 1.99. The minimum absolute atomic E-state index is 0.704. The summed E-state index contributed by atoms with van der Waals surface area (Å²) in [6, 6.07) is 3.77. The predicted octanol–water partition coefficient (Wildman–Crippen LogP) is 3.70. The molecule has 0 aromatic heterocycles. The molecule has 0 aliphatic rings. The molecule has 0 nitrogen and oxygen atoms in total. The fraction of sp³-hybridized carbons (Fsp3) is 0.143. The van der Waals surface area contributed by atoms with Gasteiger partial charge in [-0.15, -0.1) is 12.6 Å². The Labute approximate surface area is 79.1 Å². The Balaban J connectivity index is 3.28. The van der Waals surface area contributed by atoms with Gasteiger partial charge in [0.2, 0.25) is 0 Å². The summed E-state index contributed by atoms with van der Waals surface area (Å²) >= 11 is 13.3. The molecule has 3 heteroatoms. The van der Waals surface area contributed by atoms with Crippen molar-refractivity contribution in [1.82, 2.24) is 0 Å². The smallest absolute Gasteiger partial charge is 0.0559 e. The van der Waals surface area contributed by atoms with Gasteiger partial charge in [0.25, 0.3) is 0 Å². The van der Waals surface area contributed by atoms with Crippen molar-refractivity contribution in [3.05, 3.63) is 27.2 Å². The average Bonchev–Trinajstić information content (AvgIpc) is 1.84. The summed E-state index contributed by atoms with van der Waals surface area (Å²) < 4.78 is 0.921. The van der Waals surface area contributed by atoms with E-state index in [1.54, 1.807) is 0 Å². The van der Waals surface area contributed by atoms with E-state index in [4.69, 9.17) is 11.6 Å². The Bertz CT molecular complexity index is 210. The fourth-order valence-electron chi connectivity index (χ4n) is 0.636. The number of halogens is 2. The van der Waals surface area contributed by atoms with Crippen LogP contribution in [0.3, 0.4) is 0 Å². The molecule has 0 bridgehead atoms. The van der Waals surface area contributed by atoms with E-state index in [-0.39, 0.29) is 0 Å². The van der Waals surface area contributed by atoms with Crippen LogP contribution in [0.15, 0.2) is 21.5 Å². The molecule has 0 amide bonds. The number of hydrogen-bond donors (Lipinski definition) is 1. The molecule has 0 aliphatic carbocycles. The van der Waals surface area contributed by atoms with Gasteiger partial charge in [-0.1, -0.05) is 11.6 Å². The summed E-state index contributed by atoms with van der Waals surface area (Å²) in [5.41, 5.74) is 1.12. The number of rotatable bonds is 0. The van der Waals surface area contributed by atoms with Crippen LogP contribution in [0.2, 0.25) is 5.02 Å². The Hall–Kier alpha value is 0.340. The van der Waals surface area contributed by atoms with Gasteiger partial charge in [-0.3, -0.25) is 0 Å². The normalized spacial score (nSPS) is 10.0. The zero-order valence-electron chi connectivity index (χ0n) is 5.36. The Morgan fingerprint density at radius 1 is 1.50 bits per heavy atom. The van der Waals surface area contributed by atoms with Crippen LogP contribution >= 0.6 is 40.2 Å². The molecule has 1 aromatic rings. The quantitative estimate of drug-likeness (QED) is 0.654. The zero-order valence-corrected chi connectivity index (χ0v) is 8.59. The van der Waals surface area contributed by atoms with E-state index in [1.165, 1.54) is 0 Å². The van der Waals surface area contributed by atoms with E-state index in [0.717, 1.165) is 14.9 Å². The van der Waals surface area contributed by atoms with E-state index < -0.39 is 0 Å². The molecule has 0 spiro atoms. The molecule has 0 saturated carbocycles. The average molecular weight is 238 g/mol. The minimum Gasteiger partial charge on any atom is -0.143 e. The Morgan fingerprint density at radius 3 is 2.60 bits per heavy atom. The van der Waals surface area contributed by atoms with Crippen LogP contribution in [0.1, 0.15) is 5.56 Å². The van der Waals surface area contributed by atoms with Gasteiger partial charge < -0.3 is 0 Å². The van der Waals surface area contributed by atoms with Gasteiger partial charge in [-0.2, -0.15) is 0 Å². The van der Waals surface area contributed by atoms with Crippen molar-refractivity contribution in [3.8, 4) is 0 Å². The predicted molar refractivity (Wildman–Crippen MR) is 51.1 cm³/mol.